The molecule has 0 fully saturated rings. The lowest BCUT2D eigenvalue weighted by Gasteiger charge is -2.05. The largest absolute Gasteiger partial charge is 0.303 e. The lowest BCUT2D eigenvalue weighted by Crippen LogP contribution is -2.01. The highest BCUT2D eigenvalue weighted by atomic mass is 35.5. The van der Waals surface area contributed by atoms with E-state index in [4.69, 9.17) is 11.6 Å². The van der Waals surface area contributed by atoms with Crippen molar-refractivity contribution in [2.45, 2.75) is 13.3 Å². The average Bonchev–Trinajstić information content (AvgIpc) is 2.09. The molecule has 0 N–H and O–H groups in total. The topological polar surface area (TPSA) is 17.1 Å². The predicted octanol–water partition coefficient (Wildman–Crippen LogP) is 2.86. The molecule has 1 rings (SSSR count). The Labute approximate surface area is 81.5 Å². The van der Waals surface area contributed by atoms with Crippen LogP contribution >= 0.6 is 11.6 Å². The Morgan fingerprint density at radius 3 is 2.85 bits per heavy atom. The van der Waals surface area contributed by atoms with Gasteiger partial charge in [-0.2, -0.15) is 0 Å². The van der Waals surface area contributed by atoms with Crippen LogP contribution in [0.25, 0.3) is 0 Å². The van der Waals surface area contributed by atoms with Crippen LogP contribution in [0.1, 0.15) is 12.5 Å². The van der Waals surface area contributed by atoms with Crippen LogP contribution in [0.15, 0.2) is 18.2 Å². The molecule has 0 saturated heterocycles. The number of hydrogen-bond donors (Lipinski definition) is 0. The quantitative estimate of drug-likeness (QED) is 0.686. The number of carbonyl (C=O) groups excluding carboxylic acids is 1. The number of aldehydes is 1. The summed E-state index contributed by atoms with van der Waals surface area (Å²) in [4.78, 5) is 10.4. The minimum atomic E-state index is -0.354. The molecule has 0 spiro atoms. The van der Waals surface area contributed by atoms with Crippen LogP contribution in [0.4, 0.5) is 4.39 Å². The Morgan fingerprint density at radius 2 is 2.31 bits per heavy atom. The molecular formula is C10H10ClFO. The van der Waals surface area contributed by atoms with E-state index in [1.165, 1.54) is 12.1 Å². The van der Waals surface area contributed by atoms with Gasteiger partial charge in [-0.15, -0.1) is 0 Å². The van der Waals surface area contributed by atoms with E-state index in [0.717, 1.165) is 11.8 Å². The molecular weight excluding hydrogens is 191 g/mol. The van der Waals surface area contributed by atoms with Gasteiger partial charge in [0.25, 0.3) is 0 Å². The van der Waals surface area contributed by atoms with E-state index in [1.54, 1.807) is 13.0 Å². The van der Waals surface area contributed by atoms with Gasteiger partial charge in [0.1, 0.15) is 12.1 Å². The summed E-state index contributed by atoms with van der Waals surface area (Å²) in [5.74, 6) is -0.435. The summed E-state index contributed by atoms with van der Waals surface area (Å²) in [5, 5.41) is 0.383. The maximum absolute atomic E-state index is 12.6. The van der Waals surface area contributed by atoms with E-state index < -0.39 is 0 Å². The van der Waals surface area contributed by atoms with E-state index in [1.807, 2.05) is 0 Å². The molecule has 0 aliphatic rings. The van der Waals surface area contributed by atoms with Gasteiger partial charge in [-0.1, -0.05) is 24.6 Å². The number of hydrogen-bond acceptors (Lipinski definition) is 1. The van der Waals surface area contributed by atoms with Crippen LogP contribution in [0.2, 0.25) is 5.02 Å². The van der Waals surface area contributed by atoms with Crippen LogP contribution in [0.5, 0.6) is 0 Å². The van der Waals surface area contributed by atoms with Gasteiger partial charge in [0.2, 0.25) is 0 Å². The van der Waals surface area contributed by atoms with Gasteiger partial charge in [-0.25, -0.2) is 4.39 Å². The highest BCUT2D eigenvalue weighted by molar-refractivity contribution is 6.31. The molecule has 70 valence electrons. The molecule has 0 radical (unpaired) electrons. The third kappa shape index (κ3) is 2.81. The SMILES string of the molecule is CC(C=O)Cc1ccc(F)cc1Cl. The smallest absolute Gasteiger partial charge is 0.124 e. The first-order valence-electron chi connectivity index (χ1n) is 4.02. The molecule has 0 bridgehead atoms. The van der Waals surface area contributed by atoms with Gasteiger partial charge in [0, 0.05) is 10.9 Å². The van der Waals surface area contributed by atoms with Crippen LogP contribution in [0, 0.1) is 11.7 Å². The average molecular weight is 201 g/mol. The Balaban J connectivity index is 2.83. The van der Waals surface area contributed by atoms with Crippen molar-refractivity contribution in [1.82, 2.24) is 0 Å². The number of carbonyl (C=O) groups is 1. The minimum absolute atomic E-state index is 0.0806. The fourth-order valence-electron chi connectivity index (χ4n) is 1.08. The van der Waals surface area contributed by atoms with E-state index in [2.05, 4.69) is 0 Å². The summed E-state index contributed by atoms with van der Waals surface area (Å²) in [5.41, 5.74) is 0.808. The number of halogens is 2. The highest BCUT2D eigenvalue weighted by Gasteiger charge is 2.06. The molecule has 13 heavy (non-hydrogen) atoms. The number of rotatable bonds is 3. The van der Waals surface area contributed by atoms with E-state index >= 15 is 0 Å². The van der Waals surface area contributed by atoms with Gasteiger partial charge < -0.3 is 4.79 Å². The van der Waals surface area contributed by atoms with Crippen molar-refractivity contribution in [2.24, 2.45) is 5.92 Å². The first-order chi connectivity index (χ1) is 6.13. The second-order valence-corrected chi connectivity index (χ2v) is 3.46. The van der Waals surface area contributed by atoms with Crippen molar-refractivity contribution in [3.8, 4) is 0 Å². The van der Waals surface area contributed by atoms with E-state index in [-0.39, 0.29) is 11.7 Å². The zero-order valence-corrected chi connectivity index (χ0v) is 8.01. The lowest BCUT2D eigenvalue weighted by atomic mass is 10.0. The molecule has 1 unspecified atom stereocenters. The molecule has 0 aromatic heterocycles. The molecule has 0 amide bonds. The second kappa shape index (κ2) is 4.38. The summed E-state index contributed by atoms with van der Waals surface area (Å²) in [6.07, 6.45) is 1.42. The number of benzene rings is 1. The molecule has 3 heteroatoms. The van der Waals surface area contributed by atoms with Crippen molar-refractivity contribution in [1.29, 1.82) is 0 Å². The Hall–Kier alpha value is -0.890. The van der Waals surface area contributed by atoms with Crippen LogP contribution in [-0.4, -0.2) is 6.29 Å². The van der Waals surface area contributed by atoms with E-state index in [0.29, 0.717) is 11.4 Å². The predicted molar refractivity (Wildman–Crippen MR) is 50.3 cm³/mol. The Kier molecular flexibility index (Phi) is 3.43. The second-order valence-electron chi connectivity index (χ2n) is 3.05. The molecule has 0 saturated carbocycles. The minimum Gasteiger partial charge on any atom is -0.303 e. The zero-order valence-electron chi connectivity index (χ0n) is 7.26. The van der Waals surface area contributed by atoms with Crippen LogP contribution in [0.3, 0.4) is 0 Å². The summed E-state index contributed by atoms with van der Waals surface area (Å²) in [7, 11) is 0. The first kappa shape index (κ1) is 10.2. The fraction of sp³-hybridized carbons (Fsp3) is 0.300. The van der Waals surface area contributed by atoms with Crippen LogP contribution < -0.4 is 0 Å². The van der Waals surface area contributed by atoms with Crippen LogP contribution in [-0.2, 0) is 11.2 Å². The van der Waals surface area contributed by atoms with Crippen molar-refractivity contribution in [2.75, 3.05) is 0 Å². The fourth-order valence-corrected chi connectivity index (χ4v) is 1.33. The molecule has 1 aromatic carbocycles. The van der Waals surface area contributed by atoms with Gasteiger partial charge in [-0.3, -0.25) is 0 Å². The first-order valence-corrected chi connectivity index (χ1v) is 4.40. The zero-order chi connectivity index (χ0) is 9.84. The lowest BCUT2D eigenvalue weighted by molar-refractivity contribution is -0.110. The molecule has 1 atom stereocenters. The van der Waals surface area contributed by atoms with Crippen molar-refractivity contribution in [3.63, 3.8) is 0 Å². The Morgan fingerprint density at radius 1 is 1.62 bits per heavy atom. The third-order valence-corrected chi connectivity index (χ3v) is 2.14. The summed E-state index contributed by atoms with van der Waals surface area (Å²) in [6, 6.07) is 4.21. The maximum atomic E-state index is 12.6. The van der Waals surface area contributed by atoms with Crippen molar-refractivity contribution in [3.05, 3.63) is 34.6 Å². The highest BCUT2D eigenvalue weighted by Crippen LogP contribution is 2.19. The maximum Gasteiger partial charge on any atom is 0.124 e. The molecule has 1 nitrogen and oxygen atoms in total. The van der Waals surface area contributed by atoms with Crippen molar-refractivity contribution < 1.29 is 9.18 Å². The normalized spacial score (nSPS) is 12.5. The van der Waals surface area contributed by atoms with Gasteiger partial charge >= 0.3 is 0 Å². The van der Waals surface area contributed by atoms with Crippen molar-refractivity contribution >= 4 is 17.9 Å². The van der Waals surface area contributed by atoms with E-state index in [9.17, 15) is 9.18 Å². The molecule has 0 aliphatic heterocycles. The molecule has 1 aromatic rings. The Bertz CT molecular complexity index is 312. The monoisotopic (exact) mass is 200 g/mol. The summed E-state index contributed by atoms with van der Waals surface area (Å²) < 4.78 is 12.6. The van der Waals surface area contributed by atoms with Gasteiger partial charge in [0.15, 0.2) is 0 Å². The third-order valence-electron chi connectivity index (χ3n) is 1.79. The summed E-state index contributed by atoms with van der Waals surface area (Å²) >= 11 is 5.77. The molecule has 0 aliphatic carbocycles. The standard InChI is InChI=1S/C10H10ClFO/c1-7(6-13)4-8-2-3-9(12)5-10(8)11/h2-3,5-7H,4H2,1H3. The summed E-state index contributed by atoms with van der Waals surface area (Å²) in [6.45, 7) is 1.80. The van der Waals surface area contributed by atoms with Gasteiger partial charge in [-0.05, 0) is 24.1 Å². The van der Waals surface area contributed by atoms with Gasteiger partial charge in [0.05, 0.1) is 0 Å². The molecule has 0 heterocycles.